The first kappa shape index (κ1) is 35.1. The third kappa shape index (κ3) is 12.5. The van der Waals surface area contributed by atoms with Gasteiger partial charge in [-0.1, -0.05) is 97.6 Å². The van der Waals surface area contributed by atoms with Crippen LogP contribution in [0.15, 0.2) is 12.2 Å². The molecule has 37 heavy (non-hydrogen) atoms. The minimum absolute atomic E-state index is 0.130. The van der Waals surface area contributed by atoms with Crippen LogP contribution in [0.1, 0.15) is 137 Å². The first-order valence-electron chi connectivity index (χ1n) is 14.9. The van der Waals surface area contributed by atoms with E-state index in [1.54, 1.807) is 20.8 Å². The molecule has 0 aliphatic heterocycles. The maximum Gasteiger partial charge on any atom is 0.362 e. The zero-order valence-corrected chi connectivity index (χ0v) is 24.1. The lowest BCUT2D eigenvalue weighted by Crippen LogP contribution is -2.73. The van der Waals surface area contributed by atoms with Crippen molar-refractivity contribution in [1.29, 1.82) is 0 Å². The molecule has 0 bridgehead atoms. The normalized spacial score (nSPS) is 15.8. The van der Waals surface area contributed by atoms with E-state index in [-0.39, 0.29) is 25.8 Å². The van der Waals surface area contributed by atoms with Gasteiger partial charge in [0.25, 0.3) is 0 Å². The van der Waals surface area contributed by atoms with Crippen LogP contribution < -0.4 is 5.11 Å². The molecule has 3 atom stereocenters. The van der Waals surface area contributed by atoms with Crippen LogP contribution >= 0.6 is 0 Å². The van der Waals surface area contributed by atoms with Crippen LogP contribution in [0.3, 0.4) is 0 Å². The van der Waals surface area contributed by atoms with Gasteiger partial charge in [-0.2, -0.15) is 0 Å². The Hall–Kier alpha value is -1.89. The second-order valence-electron chi connectivity index (χ2n) is 10.4. The third-order valence-corrected chi connectivity index (χ3v) is 7.78. The molecule has 0 spiro atoms. The molecule has 0 aliphatic carbocycles. The van der Waals surface area contributed by atoms with E-state index in [2.05, 4.69) is 19.1 Å². The zero-order chi connectivity index (χ0) is 28.1. The molecule has 0 aromatic carbocycles. The van der Waals surface area contributed by atoms with Gasteiger partial charge in [-0.25, -0.2) is 9.59 Å². The summed E-state index contributed by atoms with van der Waals surface area (Å²) in [6.45, 7) is 7.46. The van der Waals surface area contributed by atoms with E-state index in [1.807, 2.05) is 0 Å². The zero-order valence-electron chi connectivity index (χ0n) is 24.1. The average Bonchev–Trinajstić information content (AvgIpc) is 2.84. The van der Waals surface area contributed by atoms with Gasteiger partial charge in [0.2, 0.25) is 0 Å². The second-order valence-corrected chi connectivity index (χ2v) is 10.4. The highest BCUT2D eigenvalue weighted by Gasteiger charge is 2.53. The number of aliphatic carboxylic acids is 3. The van der Waals surface area contributed by atoms with E-state index in [9.17, 15) is 29.7 Å². The highest BCUT2D eigenvalue weighted by Crippen LogP contribution is 2.32. The number of carboxylic acids is 3. The minimum atomic E-state index is -1.37. The number of carbonyl (C=O) groups excluding carboxylic acids is 1. The molecule has 3 unspecified atom stereocenters. The molecule has 0 rings (SSSR count). The van der Waals surface area contributed by atoms with Crippen LogP contribution in [-0.2, 0) is 14.4 Å². The Bertz CT molecular complexity index is 607. The highest BCUT2D eigenvalue weighted by molar-refractivity contribution is 5.77. The molecule has 0 saturated heterocycles. The summed E-state index contributed by atoms with van der Waals surface area (Å²) in [5.74, 6) is -3.65. The van der Waals surface area contributed by atoms with Gasteiger partial charge in [-0.3, -0.25) is 4.48 Å². The van der Waals surface area contributed by atoms with Crippen LogP contribution in [0.4, 0.5) is 0 Å². The fourth-order valence-electron chi connectivity index (χ4n) is 5.90. The molecule has 7 heteroatoms. The van der Waals surface area contributed by atoms with E-state index in [0.29, 0.717) is 6.42 Å². The Morgan fingerprint density at radius 1 is 0.622 bits per heavy atom. The molecule has 0 aromatic heterocycles. The van der Waals surface area contributed by atoms with Gasteiger partial charge < -0.3 is 20.1 Å². The monoisotopic (exact) mass is 525 g/mol. The number of quaternary nitrogens is 1. The van der Waals surface area contributed by atoms with E-state index in [0.717, 1.165) is 25.7 Å². The van der Waals surface area contributed by atoms with Gasteiger partial charge in [0.05, 0.1) is 12.5 Å². The Labute approximate surface area is 225 Å². The Morgan fingerprint density at radius 2 is 1.00 bits per heavy atom. The van der Waals surface area contributed by atoms with E-state index in [4.69, 9.17) is 0 Å². The fourth-order valence-corrected chi connectivity index (χ4v) is 5.90. The van der Waals surface area contributed by atoms with Gasteiger partial charge in [-0.05, 0) is 32.1 Å². The van der Waals surface area contributed by atoms with Crippen molar-refractivity contribution in [3.63, 3.8) is 0 Å². The molecular weight excluding hydrogens is 470 g/mol. The summed E-state index contributed by atoms with van der Waals surface area (Å²) in [4.78, 5) is 36.5. The summed E-state index contributed by atoms with van der Waals surface area (Å²) >= 11 is 0. The van der Waals surface area contributed by atoms with Gasteiger partial charge in [0.1, 0.15) is 6.04 Å². The molecule has 0 radical (unpaired) electrons. The first-order valence-corrected chi connectivity index (χ1v) is 14.9. The standard InChI is InChI=1S/C30H55NO6/c1-5-9-10-11-12-13-14-15-16-17-18-19-20-21-22-23-24-31(25(6-2)28(32)33,26(7-3)29(34)35)27(8-4)30(36)37/h10-11,25-27H,5-9,12-24H2,1-4H3,(H2-,32,33,34,35,36,37)/b11-10+. The van der Waals surface area contributed by atoms with Gasteiger partial charge in [-0.15, -0.1) is 0 Å². The summed E-state index contributed by atoms with van der Waals surface area (Å²) in [5.41, 5.74) is 0. The molecule has 0 aliphatic rings. The van der Waals surface area contributed by atoms with Gasteiger partial charge in [0.15, 0.2) is 12.1 Å². The van der Waals surface area contributed by atoms with Crippen molar-refractivity contribution < 1.29 is 34.2 Å². The van der Waals surface area contributed by atoms with Crippen molar-refractivity contribution in [2.75, 3.05) is 6.54 Å². The number of carbonyl (C=O) groups is 3. The topological polar surface area (TPSA) is 115 Å². The van der Waals surface area contributed by atoms with Crippen LogP contribution in [-0.4, -0.2) is 57.3 Å². The SMILES string of the molecule is CCC/C=C/CCCCCCCCCCCCC[N+](C(CC)C(=O)[O-])(C(CC)C(=O)O)C(CC)C(=O)O. The molecule has 0 saturated carbocycles. The van der Waals surface area contributed by atoms with E-state index >= 15 is 0 Å². The van der Waals surface area contributed by atoms with Crippen molar-refractivity contribution >= 4 is 17.9 Å². The van der Waals surface area contributed by atoms with Crippen molar-refractivity contribution in [3.8, 4) is 0 Å². The van der Waals surface area contributed by atoms with Gasteiger partial charge in [0, 0.05) is 19.3 Å². The summed E-state index contributed by atoms with van der Waals surface area (Å²) in [5, 5.41) is 32.1. The molecule has 216 valence electrons. The predicted octanol–water partition coefficient (Wildman–Crippen LogP) is 6.10. The smallest absolute Gasteiger partial charge is 0.362 e. The molecule has 2 N–H and O–H groups in total. The molecule has 0 heterocycles. The Kier molecular flexibility index (Phi) is 20.0. The van der Waals surface area contributed by atoms with E-state index in [1.165, 1.54) is 57.8 Å². The maximum atomic E-state index is 12.2. The summed E-state index contributed by atoms with van der Waals surface area (Å²) in [7, 11) is 0. The van der Waals surface area contributed by atoms with Crippen molar-refractivity contribution in [1.82, 2.24) is 0 Å². The first-order chi connectivity index (χ1) is 17.7. The minimum Gasteiger partial charge on any atom is -0.544 e. The predicted molar refractivity (Wildman–Crippen MR) is 147 cm³/mol. The van der Waals surface area contributed by atoms with Crippen LogP contribution in [0, 0.1) is 0 Å². The molecule has 0 aromatic rings. The summed E-state index contributed by atoms with van der Waals surface area (Å²) in [6.07, 6.45) is 20.9. The lowest BCUT2D eigenvalue weighted by atomic mass is 9.93. The van der Waals surface area contributed by atoms with Crippen LogP contribution in [0.25, 0.3) is 0 Å². The quantitative estimate of drug-likeness (QED) is 0.0846. The average molecular weight is 526 g/mol. The largest absolute Gasteiger partial charge is 0.544 e. The number of carboxylic acid groups (broad SMARTS) is 3. The van der Waals surface area contributed by atoms with E-state index < -0.39 is 40.5 Å². The van der Waals surface area contributed by atoms with Crippen LogP contribution in [0.5, 0.6) is 0 Å². The molecule has 0 fully saturated rings. The van der Waals surface area contributed by atoms with Crippen LogP contribution in [0.2, 0.25) is 0 Å². The van der Waals surface area contributed by atoms with Crippen molar-refractivity contribution in [3.05, 3.63) is 12.2 Å². The molecular formula is C30H55NO6. The fraction of sp³-hybridized carbons (Fsp3) is 0.833. The number of hydrogen-bond donors (Lipinski definition) is 2. The Balaban J connectivity index is 4.74. The summed E-state index contributed by atoms with van der Waals surface area (Å²) in [6, 6.07) is -3.37. The number of unbranched alkanes of at least 4 members (excludes halogenated alkanes) is 12. The Morgan fingerprint density at radius 3 is 1.35 bits per heavy atom. The number of rotatable bonds is 25. The molecule has 0 amide bonds. The third-order valence-electron chi connectivity index (χ3n) is 7.78. The number of hydrogen-bond acceptors (Lipinski definition) is 4. The highest BCUT2D eigenvalue weighted by atomic mass is 16.4. The molecule has 7 nitrogen and oxygen atoms in total. The number of allylic oxidation sites excluding steroid dienone is 2. The maximum absolute atomic E-state index is 12.2. The van der Waals surface area contributed by atoms with Gasteiger partial charge >= 0.3 is 11.9 Å². The summed E-state index contributed by atoms with van der Waals surface area (Å²) < 4.78 is -0.467. The second kappa shape index (κ2) is 21.1. The van der Waals surface area contributed by atoms with Crippen molar-refractivity contribution in [2.24, 2.45) is 0 Å². The lowest BCUT2D eigenvalue weighted by Gasteiger charge is -2.51. The van der Waals surface area contributed by atoms with Crippen molar-refractivity contribution in [2.45, 2.75) is 155 Å². The lowest BCUT2D eigenvalue weighted by molar-refractivity contribution is -0.974. The number of nitrogens with zero attached hydrogens (tertiary/aromatic N) is 1.